The van der Waals surface area contributed by atoms with Gasteiger partial charge in [0, 0.05) is 18.3 Å². The number of carbonyl (C=O) groups is 2. The van der Waals surface area contributed by atoms with Crippen LogP contribution in [-0.2, 0) is 9.59 Å². The highest BCUT2D eigenvalue weighted by Gasteiger charge is 2.43. The van der Waals surface area contributed by atoms with Gasteiger partial charge in [-0.3, -0.25) is 24.6 Å². The molecule has 23 heavy (non-hydrogen) atoms. The van der Waals surface area contributed by atoms with Crippen molar-refractivity contribution in [1.82, 2.24) is 10.3 Å². The Balaban J connectivity index is 2.21. The molecule has 1 unspecified atom stereocenters. The number of hydrogen-bond donors (Lipinski definition) is 2. The van der Waals surface area contributed by atoms with Crippen molar-refractivity contribution < 1.29 is 19.2 Å². The zero-order chi connectivity index (χ0) is 17.1. The number of rotatable bonds is 5. The number of carbonyl (C=O) groups excluding carboxylic acids is 2. The summed E-state index contributed by atoms with van der Waals surface area (Å²) in [4.78, 5) is 35.0. The van der Waals surface area contributed by atoms with E-state index >= 15 is 0 Å². The molecule has 0 saturated carbocycles. The van der Waals surface area contributed by atoms with Gasteiger partial charge in [0.15, 0.2) is 0 Å². The maximum Gasteiger partial charge on any atom is 0.335 e. The summed E-state index contributed by atoms with van der Waals surface area (Å²) in [5.74, 6) is -0.819. The zero-order valence-electron chi connectivity index (χ0n) is 12.8. The highest BCUT2D eigenvalue weighted by atomic mass is 16.6. The number of likely N-dealkylation sites (N-methyl/N-ethyl adjacent to an activating group) is 1. The topological polar surface area (TPSA) is 114 Å². The Hall–Kier alpha value is -2.94. The van der Waals surface area contributed by atoms with Crippen molar-refractivity contribution in [1.29, 1.82) is 0 Å². The second-order valence-corrected chi connectivity index (χ2v) is 4.92. The van der Waals surface area contributed by atoms with E-state index in [0.717, 1.165) is 4.90 Å². The minimum absolute atomic E-state index is 0.0594. The lowest BCUT2D eigenvalue weighted by atomic mass is 10.0. The number of nitro groups is 1. The molecule has 1 aromatic carbocycles. The number of imide groups is 1. The molecule has 1 aromatic rings. The van der Waals surface area contributed by atoms with Crippen molar-refractivity contribution in [3.63, 3.8) is 0 Å². The monoisotopic (exact) mass is 320 g/mol. The van der Waals surface area contributed by atoms with E-state index in [1.165, 1.54) is 14.0 Å². The Morgan fingerprint density at radius 3 is 2.39 bits per heavy atom. The first-order valence-corrected chi connectivity index (χ1v) is 6.69. The molecule has 0 aromatic heterocycles. The number of ether oxygens (including phenoxy) is 1. The first-order valence-electron chi connectivity index (χ1n) is 6.69. The fourth-order valence-corrected chi connectivity index (χ4v) is 2.17. The second-order valence-electron chi connectivity index (χ2n) is 4.92. The molecular formula is C14H16N4O5. The summed E-state index contributed by atoms with van der Waals surface area (Å²) in [5, 5.41) is 11.0. The number of amides is 2. The maximum absolute atomic E-state index is 12.2. The first-order chi connectivity index (χ1) is 10.9. The van der Waals surface area contributed by atoms with Gasteiger partial charge in [0.05, 0.1) is 12.0 Å². The third-order valence-electron chi connectivity index (χ3n) is 3.52. The summed E-state index contributed by atoms with van der Waals surface area (Å²) in [6, 6.07) is 5.84. The van der Waals surface area contributed by atoms with Gasteiger partial charge in [-0.1, -0.05) is 0 Å². The van der Waals surface area contributed by atoms with Crippen LogP contribution in [0.1, 0.15) is 6.92 Å². The number of nitrogens with one attached hydrogen (secondary N) is 2. The van der Waals surface area contributed by atoms with Crippen LogP contribution in [-0.4, -0.2) is 41.8 Å². The third kappa shape index (κ3) is 3.14. The predicted octanol–water partition coefficient (Wildman–Crippen LogP) is 0.530. The Morgan fingerprint density at radius 1 is 1.26 bits per heavy atom. The molecule has 2 N–H and O–H groups in total. The zero-order valence-corrected chi connectivity index (χ0v) is 12.8. The van der Waals surface area contributed by atoms with Crippen LogP contribution >= 0.6 is 0 Å². The molecule has 0 fully saturated rings. The van der Waals surface area contributed by atoms with Crippen LogP contribution in [0.3, 0.4) is 0 Å². The van der Waals surface area contributed by atoms with Gasteiger partial charge >= 0.3 is 11.6 Å². The summed E-state index contributed by atoms with van der Waals surface area (Å²) in [6.07, 6.45) is 0. The highest BCUT2D eigenvalue weighted by Crippen LogP contribution is 2.21. The summed E-state index contributed by atoms with van der Waals surface area (Å²) in [6.45, 7) is 1.38. The van der Waals surface area contributed by atoms with E-state index in [-0.39, 0.29) is 5.57 Å². The van der Waals surface area contributed by atoms with Gasteiger partial charge in [0.25, 0.3) is 5.91 Å². The van der Waals surface area contributed by atoms with Crippen LogP contribution in [0.5, 0.6) is 5.75 Å². The van der Waals surface area contributed by atoms with Crippen molar-refractivity contribution in [2.45, 2.75) is 13.0 Å². The van der Waals surface area contributed by atoms with Crippen molar-refractivity contribution in [3.8, 4) is 5.75 Å². The number of anilines is 1. The van der Waals surface area contributed by atoms with E-state index in [1.54, 1.807) is 31.4 Å². The summed E-state index contributed by atoms with van der Waals surface area (Å²) >= 11 is 0. The normalized spacial score (nSPS) is 18.2. The smallest absolute Gasteiger partial charge is 0.335 e. The number of hydrogen-bond acceptors (Lipinski definition) is 7. The van der Waals surface area contributed by atoms with E-state index in [1.807, 2.05) is 0 Å². The second kappa shape index (κ2) is 6.44. The van der Waals surface area contributed by atoms with Crippen LogP contribution in [0.4, 0.5) is 5.69 Å². The van der Waals surface area contributed by atoms with Crippen molar-refractivity contribution in [2.75, 3.05) is 19.6 Å². The highest BCUT2D eigenvalue weighted by molar-refractivity contribution is 6.09. The van der Waals surface area contributed by atoms with Crippen molar-refractivity contribution in [2.24, 2.45) is 0 Å². The molecule has 0 bridgehead atoms. The Morgan fingerprint density at radius 2 is 1.87 bits per heavy atom. The Bertz CT molecular complexity index is 683. The third-order valence-corrected chi connectivity index (χ3v) is 3.52. The molecule has 9 heteroatoms. The lowest BCUT2D eigenvalue weighted by Gasteiger charge is -2.28. The van der Waals surface area contributed by atoms with Crippen molar-refractivity contribution >= 4 is 17.5 Å². The van der Waals surface area contributed by atoms with E-state index < -0.39 is 28.5 Å². The first kappa shape index (κ1) is 16.4. The van der Waals surface area contributed by atoms with Gasteiger partial charge in [0.2, 0.25) is 0 Å². The minimum Gasteiger partial charge on any atom is -0.497 e. The van der Waals surface area contributed by atoms with Crippen LogP contribution < -0.4 is 15.6 Å². The quantitative estimate of drug-likeness (QED) is 0.462. The van der Waals surface area contributed by atoms with E-state index in [2.05, 4.69) is 10.9 Å². The fourth-order valence-electron chi connectivity index (χ4n) is 2.17. The summed E-state index contributed by atoms with van der Waals surface area (Å²) in [7, 11) is 2.75. The molecule has 0 aliphatic carbocycles. The largest absolute Gasteiger partial charge is 0.497 e. The molecule has 1 heterocycles. The molecule has 0 spiro atoms. The van der Waals surface area contributed by atoms with Gasteiger partial charge in [-0.25, -0.2) is 5.43 Å². The predicted molar refractivity (Wildman–Crippen MR) is 81.0 cm³/mol. The van der Waals surface area contributed by atoms with Gasteiger partial charge in [-0.15, -0.1) is 0 Å². The average molecular weight is 320 g/mol. The molecule has 0 radical (unpaired) electrons. The lowest BCUT2D eigenvalue weighted by molar-refractivity contribution is -0.421. The standard InChI is InChI=1S/C14H16N4O5/c1-8-11(13(19)17(2)14(20)12(8)18(21)22)16-15-9-4-6-10(23-3)7-5-9/h4-7,11,15-16H,1-3H3. The van der Waals surface area contributed by atoms with E-state index in [9.17, 15) is 19.7 Å². The molecule has 9 nitrogen and oxygen atoms in total. The molecule has 1 aliphatic heterocycles. The molecular weight excluding hydrogens is 304 g/mol. The number of nitrogens with zero attached hydrogens (tertiary/aromatic N) is 2. The molecule has 1 atom stereocenters. The number of hydrazine groups is 1. The van der Waals surface area contributed by atoms with Crippen LogP contribution in [0, 0.1) is 10.1 Å². The maximum atomic E-state index is 12.2. The molecule has 122 valence electrons. The van der Waals surface area contributed by atoms with Gasteiger partial charge in [-0.2, -0.15) is 0 Å². The Kier molecular flexibility index (Phi) is 4.60. The Labute approximate surface area is 132 Å². The van der Waals surface area contributed by atoms with E-state index in [0.29, 0.717) is 11.4 Å². The van der Waals surface area contributed by atoms with Crippen molar-refractivity contribution in [3.05, 3.63) is 45.6 Å². The fraction of sp³-hybridized carbons (Fsp3) is 0.286. The summed E-state index contributed by atoms with van der Waals surface area (Å²) in [5.41, 5.74) is 5.61. The van der Waals surface area contributed by atoms with Crippen LogP contribution in [0.15, 0.2) is 35.5 Å². The van der Waals surface area contributed by atoms with Gasteiger partial charge < -0.3 is 10.2 Å². The average Bonchev–Trinajstić information content (AvgIpc) is 2.53. The number of benzene rings is 1. The van der Waals surface area contributed by atoms with Gasteiger partial charge in [0.1, 0.15) is 11.8 Å². The molecule has 2 amide bonds. The lowest BCUT2D eigenvalue weighted by Crippen LogP contribution is -2.54. The van der Waals surface area contributed by atoms with Crippen LogP contribution in [0.25, 0.3) is 0 Å². The van der Waals surface area contributed by atoms with Crippen LogP contribution in [0.2, 0.25) is 0 Å². The van der Waals surface area contributed by atoms with E-state index in [4.69, 9.17) is 4.74 Å². The molecule has 0 saturated heterocycles. The molecule has 1 aliphatic rings. The summed E-state index contributed by atoms with van der Waals surface area (Å²) < 4.78 is 5.04. The molecule has 2 rings (SSSR count). The SMILES string of the molecule is COc1ccc(NNC2C(=O)N(C)C(=O)C([N+](=O)[O-])=C2C)cc1. The number of methoxy groups -OCH3 is 1. The van der Waals surface area contributed by atoms with Gasteiger partial charge in [-0.05, 0) is 31.2 Å². The minimum atomic E-state index is -1.01.